The summed E-state index contributed by atoms with van der Waals surface area (Å²) < 4.78 is 31.9. The molecule has 7 heteroatoms. The number of rotatable bonds is 7. The molecule has 0 saturated carbocycles. The maximum absolute atomic E-state index is 12.8. The Hall–Kier alpha value is -2.54. The first kappa shape index (κ1) is 19.8. The van der Waals surface area contributed by atoms with Crippen LogP contribution in [0.25, 0.3) is 0 Å². The van der Waals surface area contributed by atoms with Crippen molar-refractivity contribution in [3.8, 4) is 5.75 Å². The Balaban J connectivity index is 2.35. The van der Waals surface area contributed by atoms with Crippen molar-refractivity contribution in [3.63, 3.8) is 0 Å². The van der Waals surface area contributed by atoms with E-state index in [1.165, 1.54) is 30.6 Å². The highest BCUT2D eigenvalue weighted by molar-refractivity contribution is 7.92. The average molecular weight is 376 g/mol. The number of sulfonamides is 1. The summed E-state index contributed by atoms with van der Waals surface area (Å²) in [5.74, 6) is 0.463. The van der Waals surface area contributed by atoms with Gasteiger partial charge in [-0.05, 0) is 56.3 Å². The first-order chi connectivity index (χ1) is 12.3. The minimum Gasteiger partial charge on any atom is -0.497 e. The van der Waals surface area contributed by atoms with Crippen LogP contribution in [0.4, 0.5) is 5.69 Å². The van der Waals surface area contributed by atoms with E-state index in [0.29, 0.717) is 30.1 Å². The number of ether oxygens (including phenoxy) is 1. The van der Waals surface area contributed by atoms with Gasteiger partial charge in [0.1, 0.15) is 5.75 Å². The summed E-state index contributed by atoms with van der Waals surface area (Å²) in [7, 11) is -0.743. The fourth-order valence-electron chi connectivity index (χ4n) is 2.57. The fraction of sp³-hybridized carbons (Fsp3) is 0.316. The monoisotopic (exact) mass is 376 g/mol. The van der Waals surface area contributed by atoms with E-state index in [9.17, 15) is 13.2 Å². The minimum atomic E-state index is -3.74. The van der Waals surface area contributed by atoms with Crippen LogP contribution in [0.3, 0.4) is 0 Å². The van der Waals surface area contributed by atoms with E-state index in [1.54, 1.807) is 41.3 Å². The van der Waals surface area contributed by atoms with E-state index in [-0.39, 0.29) is 10.8 Å². The van der Waals surface area contributed by atoms with E-state index >= 15 is 0 Å². The summed E-state index contributed by atoms with van der Waals surface area (Å²) in [5, 5.41) is 0. The Kier molecular flexibility index (Phi) is 6.26. The van der Waals surface area contributed by atoms with Gasteiger partial charge >= 0.3 is 0 Å². The molecule has 140 valence electrons. The number of carbonyl (C=O) groups excluding carboxylic acids is 1. The number of anilines is 1. The quantitative estimate of drug-likeness (QED) is 0.745. The van der Waals surface area contributed by atoms with Crippen LogP contribution in [0.2, 0.25) is 0 Å². The van der Waals surface area contributed by atoms with E-state index in [4.69, 9.17) is 4.74 Å². The molecular weight excluding hydrogens is 352 g/mol. The number of hydrogen-bond donors (Lipinski definition) is 0. The molecule has 0 atom stereocenters. The Morgan fingerprint density at radius 3 is 2.19 bits per heavy atom. The molecule has 1 amide bonds. The van der Waals surface area contributed by atoms with Crippen LogP contribution in [0.1, 0.15) is 24.2 Å². The van der Waals surface area contributed by atoms with Crippen molar-refractivity contribution in [2.45, 2.75) is 18.7 Å². The molecule has 0 fully saturated rings. The normalized spacial score (nSPS) is 11.1. The second kappa shape index (κ2) is 8.23. The van der Waals surface area contributed by atoms with E-state index in [1.807, 2.05) is 13.8 Å². The van der Waals surface area contributed by atoms with Crippen molar-refractivity contribution >= 4 is 21.6 Å². The number of benzene rings is 2. The molecule has 2 aromatic rings. The van der Waals surface area contributed by atoms with Gasteiger partial charge in [0.25, 0.3) is 15.9 Å². The molecule has 0 aliphatic carbocycles. The fourth-order valence-corrected chi connectivity index (χ4v) is 3.76. The second-order valence-electron chi connectivity index (χ2n) is 5.68. The molecule has 0 heterocycles. The van der Waals surface area contributed by atoms with Gasteiger partial charge in [-0.3, -0.25) is 9.10 Å². The minimum absolute atomic E-state index is 0.118. The molecule has 0 N–H and O–H groups in total. The second-order valence-corrected chi connectivity index (χ2v) is 7.65. The standard InChI is InChI=1S/C19H24N2O4S/c1-5-21(6-2)19(22)15-8-7-9-16(14-15)20(3)26(23,24)18-12-10-17(25-4)11-13-18/h7-14H,5-6H2,1-4H3. The van der Waals surface area contributed by atoms with Gasteiger partial charge in [-0.25, -0.2) is 8.42 Å². The van der Waals surface area contributed by atoms with Crippen molar-refractivity contribution in [2.24, 2.45) is 0 Å². The van der Waals surface area contributed by atoms with Gasteiger partial charge in [-0.1, -0.05) is 6.07 Å². The summed E-state index contributed by atoms with van der Waals surface area (Å²) in [6, 6.07) is 12.8. The van der Waals surface area contributed by atoms with Crippen molar-refractivity contribution in [3.05, 3.63) is 54.1 Å². The van der Waals surface area contributed by atoms with Crippen LogP contribution < -0.4 is 9.04 Å². The van der Waals surface area contributed by atoms with Crippen molar-refractivity contribution in [1.29, 1.82) is 0 Å². The number of methoxy groups -OCH3 is 1. The number of amides is 1. The van der Waals surface area contributed by atoms with Gasteiger partial charge in [-0.15, -0.1) is 0 Å². The predicted molar refractivity (Wildman–Crippen MR) is 102 cm³/mol. The van der Waals surface area contributed by atoms with Crippen LogP contribution in [0.15, 0.2) is 53.4 Å². The highest BCUT2D eigenvalue weighted by Gasteiger charge is 2.22. The molecule has 0 radical (unpaired) electrons. The Labute approximate surface area is 155 Å². The zero-order chi connectivity index (χ0) is 19.3. The third-order valence-electron chi connectivity index (χ3n) is 4.23. The zero-order valence-electron chi connectivity index (χ0n) is 15.5. The molecule has 0 aliphatic heterocycles. The maximum atomic E-state index is 12.8. The first-order valence-electron chi connectivity index (χ1n) is 8.37. The number of carbonyl (C=O) groups is 1. The molecule has 0 saturated heterocycles. The number of hydrogen-bond acceptors (Lipinski definition) is 4. The summed E-state index contributed by atoms with van der Waals surface area (Å²) in [6.45, 7) is 5.01. The maximum Gasteiger partial charge on any atom is 0.264 e. The number of nitrogens with zero attached hydrogens (tertiary/aromatic N) is 2. The highest BCUT2D eigenvalue weighted by Crippen LogP contribution is 2.24. The van der Waals surface area contributed by atoms with Crippen LogP contribution in [0.5, 0.6) is 5.75 Å². The van der Waals surface area contributed by atoms with Crippen LogP contribution >= 0.6 is 0 Å². The Morgan fingerprint density at radius 1 is 1.04 bits per heavy atom. The van der Waals surface area contributed by atoms with Gasteiger partial charge in [-0.2, -0.15) is 0 Å². The lowest BCUT2D eigenvalue weighted by Crippen LogP contribution is -2.31. The average Bonchev–Trinajstić information content (AvgIpc) is 2.68. The van der Waals surface area contributed by atoms with Crippen LogP contribution in [-0.4, -0.2) is 46.5 Å². The molecule has 0 unspecified atom stereocenters. The van der Waals surface area contributed by atoms with Crippen molar-refractivity contribution < 1.29 is 17.9 Å². The molecule has 0 spiro atoms. The molecule has 2 aromatic carbocycles. The van der Waals surface area contributed by atoms with Gasteiger partial charge in [0.15, 0.2) is 0 Å². The van der Waals surface area contributed by atoms with E-state index < -0.39 is 10.0 Å². The lowest BCUT2D eigenvalue weighted by atomic mass is 10.1. The van der Waals surface area contributed by atoms with E-state index in [0.717, 1.165) is 0 Å². The molecule has 0 aromatic heterocycles. The summed E-state index contributed by atoms with van der Waals surface area (Å²) in [4.78, 5) is 14.4. The third kappa shape index (κ3) is 3.99. The highest BCUT2D eigenvalue weighted by atomic mass is 32.2. The summed E-state index contributed by atoms with van der Waals surface area (Å²) in [5.41, 5.74) is 0.891. The lowest BCUT2D eigenvalue weighted by Gasteiger charge is -2.22. The topological polar surface area (TPSA) is 66.9 Å². The molecule has 0 bridgehead atoms. The van der Waals surface area contributed by atoms with Crippen LogP contribution in [0, 0.1) is 0 Å². The smallest absolute Gasteiger partial charge is 0.264 e. The van der Waals surface area contributed by atoms with Gasteiger partial charge < -0.3 is 9.64 Å². The zero-order valence-corrected chi connectivity index (χ0v) is 16.3. The lowest BCUT2D eigenvalue weighted by molar-refractivity contribution is 0.0773. The molecule has 6 nitrogen and oxygen atoms in total. The predicted octanol–water partition coefficient (Wildman–Crippen LogP) is 3.00. The van der Waals surface area contributed by atoms with Crippen molar-refractivity contribution in [2.75, 3.05) is 31.6 Å². The Bertz CT molecular complexity index is 859. The molecule has 26 heavy (non-hydrogen) atoms. The van der Waals surface area contributed by atoms with Gasteiger partial charge in [0.2, 0.25) is 0 Å². The molecule has 2 rings (SSSR count). The van der Waals surface area contributed by atoms with Crippen LogP contribution in [-0.2, 0) is 10.0 Å². The largest absolute Gasteiger partial charge is 0.497 e. The molecule has 0 aliphatic rings. The van der Waals surface area contributed by atoms with Crippen molar-refractivity contribution in [1.82, 2.24) is 4.90 Å². The summed E-state index contributed by atoms with van der Waals surface area (Å²) in [6.07, 6.45) is 0. The first-order valence-corrected chi connectivity index (χ1v) is 9.81. The SMILES string of the molecule is CCN(CC)C(=O)c1cccc(N(C)S(=O)(=O)c2ccc(OC)cc2)c1. The summed E-state index contributed by atoms with van der Waals surface area (Å²) >= 11 is 0. The molecular formula is C19H24N2O4S. The third-order valence-corrected chi connectivity index (χ3v) is 6.02. The van der Waals surface area contributed by atoms with Gasteiger partial charge in [0.05, 0.1) is 17.7 Å². The van der Waals surface area contributed by atoms with Gasteiger partial charge in [0, 0.05) is 25.7 Å². The van der Waals surface area contributed by atoms with E-state index in [2.05, 4.69) is 0 Å². The Morgan fingerprint density at radius 2 is 1.65 bits per heavy atom.